The van der Waals surface area contributed by atoms with Crippen molar-refractivity contribution in [3.05, 3.63) is 18.0 Å². The molecule has 0 amide bonds. The number of hydrogen-bond donors (Lipinski definition) is 2. The molecule has 1 aliphatic carbocycles. The van der Waals surface area contributed by atoms with Gasteiger partial charge >= 0.3 is 5.97 Å². The lowest BCUT2D eigenvalue weighted by atomic mass is 10.1. The summed E-state index contributed by atoms with van der Waals surface area (Å²) in [6, 6.07) is 1.34. The highest BCUT2D eigenvalue weighted by molar-refractivity contribution is 7.89. The van der Waals surface area contributed by atoms with Gasteiger partial charge in [-0.3, -0.25) is 0 Å². The fourth-order valence-electron chi connectivity index (χ4n) is 2.48. The SMILES string of the molecule is O=C(O)c1cc(S(=O)(=O)NCC2CCOC2)cn1C1CC1. The van der Waals surface area contributed by atoms with Gasteiger partial charge in [0.05, 0.1) is 6.61 Å². The van der Waals surface area contributed by atoms with Crippen LogP contribution < -0.4 is 4.72 Å². The molecule has 2 N–H and O–H groups in total. The summed E-state index contributed by atoms with van der Waals surface area (Å²) in [5, 5.41) is 9.17. The zero-order valence-electron chi connectivity index (χ0n) is 11.5. The lowest BCUT2D eigenvalue weighted by molar-refractivity contribution is 0.0685. The molecule has 8 heteroatoms. The third-order valence-corrected chi connectivity index (χ3v) is 5.27. The molecule has 0 bridgehead atoms. The van der Waals surface area contributed by atoms with Crippen molar-refractivity contribution in [3.63, 3.8) is 0 Å². The van der Waals surface area contributed by atoms with Crippen LogP contribution in [0.25, 0.3) is 0 Å². The van der Waals surface area contributed by atoms with Crippen LogP contribution in [0.3, 0.4) is 0 Å². The summed E-state index contributed by atoms with van der Waals surface area (Å²) in [6.07, 6.45) is 4.04. The van der Waals surface area contributed by atoms with Gasteiger partial charge < -0.3 is 14.4 Å². The van der Waals surface area contributed by atoms with Gasteiger partial charge in [0, 0.05) is 25.4 Å². The minimum Gasteiger partial charge on any atom is -0.477 e. The Kier molecular flexibility index (Phi) is 3.76. The predicted molar refractivity (Wildman–Crippen MR) is 73.8 cm³/mol. The van der Waals surface area contributed by atoms with Crippen molar-refractivity contribution in [1.82, 2.24) is 9.29 Å². The van der Waals surface area contributed by atoms with Crippen molar-refractivity contribution in [2.24, 2.45) is 5.92 Å². The summed E-state index contributed by atoms with van der Waals surface area (Å²) >= 11 is 0. The van der Waals surface area contributed by atoms with Gasteiger partial charge in [0.1, 0.15) is 10.6 Å². The number of nitrogens with zero attached hydrogens (tertiary/aromatic N) is 1. The second kappa shape index (κ2) is 5.43. The van der Waals surface area contributed by atoms with Crippen molar-refractivity contribution in [2.75, 3.05) is 19.8 Å². The van der Waals surface area contributed by atoms with E-state index in [9.17, 15) is 18.3 Å². The average Bonchev–Trinajstić information content (AvgIpc) is 2.97. The summed E-state index contributed by atoms with van der Waals surface area (Å²) in [6.45, 7) is 1.54. The molecular formula is C13H18N2O5S. The van der Waals surface area contributed by atoms with E-state index in [4.69, 9.17) is 4.74 Å². The number of ether oxygens (including phenoxy) is 1. The molecule has 1 atom stereocenters. The molecule has 2 aliphatic rings. The van der Waals surface area contributed by atoms with Gasteiger partial charge in [-0.2, -0.15) is 0 Å². The summed E-state index contributed by atoms with van der Waals surface area (Å²) in [7, 11) is -3.68. The first kappa shape index (κ1) is 14.6. The number of nitrogens with one attached hydrogen (secondary N) is 1. The molecule has 0 spiro atoms. The molecule has 1 aliphatic heterocycles. The van der Waals surface area contributed by atoms with Crippen molar-refractivity contribution in [3.8, 4) is 0 Å². The Balaban J connectivity index is 1.77. The number of carboxylic acids is 1. The van der Waals surface area contributed by atoms with E-state index in [1.54, 1.807) is 4.57 Å². The van der Waals surface area contributed by atoms with E-state index in [-0.39, 0.29) is 22.5 Å². The van der Waals surface area contributed by atoms with Crippen LogP contribution in [-0.2, 0) is 14.8 Å². The van der Waals surface area contributed by atoms with Crippen molar-refractivity contribution < 1.29 is 23.1 Å². The highest BCUT2D eigenvalue weighted by Crippen LogP contribution is 2.37. The van der Waals surface area contributed by atoms with Crippen LogP contribution >= 0.6 is 0 Å². The van der Waals surface area contributed by atoms with E-state index in [0.717, 1.165) is 19.3 Å². The molecule has 21 heavy (non-hydrogen) atoms. The molecule has 116 valence electrons. The number of aromatic carboxylic acids is 1. The van der Waals surface area contributed by atoms with Gasteiger partial charge in [-0.1, -0.05) is 0 Å². The maximum absolute atomic E-state index is 12.3. The number of rotatable bonds is 6. The van der Waals surface area contributed by atoms with Gasteiger partial charge in [-0.05, 0) is 31.2 Å². The average molecular weight is 314 g/mol. The third kappa shape index (κ3) is 3.12. The molecule has 1 saturated carbocycles. The minimum absolute atomic E-state index is 0.0192. The van der Waals surface area contributed by atoms with Crippen molar-refractivity contribution in [2.45, 2.75) is 30.2 Å². The zero-order chi connectivity index (χ0) is 15.0. The van der Waals surface area contributed by atoms with Crippen LogP contribution in [0.2, 0.25) is 0 Å². The van der Waals surface area contributed by atoms with Crippen molar-refractivity contribution in [1.29, 1.82) is 0 Å². The van der Waals surface area contributed by atoms with Crippen molar-refractivity contribution >= 4 is 16.0 Å². The lowest BCUT2D eigenvalue weighted by Crippen LogP contribution is -2.29. The van der Waals surface area contributed by atoms with Crippen LogP contribution in [0.4, 0.5) is 0 Å². The highest BCUT2D eigenvalue weighted by atomic mass is 32.2. The molecule has 7 nitrogen and oxygen atoms in total. The Morgan fingerprint density at radius 3 is 2.76 bits per heavy atom. The lowest BCUT2D eigenvalue weighted by Gasteiger charge is -2.09. The van der Waals surface area contributed by atoms with E-state index < -0.39 is 16.0 Å². The van der Waals surface area contributed by atoms with Gasteiger partial charge in [0.2, 0.25) is 10.0 Å². The maximum atomic E-state index is 12.3. The van der Waals surface area contributed by atoms with Gasteiger partial charge in [0.25, 0.3) is 0 Å². The van der Waals surface area contributed by atoms with Crippen LogP contribution in [0, 0.1) is 5.92 Å². The van der Waals surface area contributed by atoms with Crippen LogP contribution in [-0.4, -0.2) is 43.8 Å². The molecule has 1 unspecified atom stereocenters. The topological polar surface area (TPSA) is 97.6 Å². The quantitative estimate of drug-likeness (QED) is 0.811. The van der Waals surface area contributed by atoms with Gasteiger partial charge in [0.15, 0.2) is 0 Å². The molecule has 1 aromatic heterocycles. The van der Waals surface area contributed by atoms with Crippen LogP contribution in [0.15, 0.2) is 17.2 Å². The molecular weight excluding hydrogens is 296 g/mol. The molecule has 1 saturated heterocycles. The Hall–Kier alpha value is -1.38. The predicted octanol–water partition coefficient (Wildman–Crippen LogP) is 0.836. The first-order valence-electron chi connectivity index (χ1n) is 7.00. The number of hydrogen-bond acceptors (Lipinski definition) is 4. The molecule has 2 heterocycles. The Bertz CT molecular complexity index is 642. The Labute approximate surface area is 123 Å². The van der Waals surface area contributed by atoms with E-state index in [0.29, 0.717) is 19.8 Å². The summed E-state index contributed by atoms with van der Waals surface area (Å²) in [5.74, 6) is -0.920. The summed E-state index contributed by atoms with van der Waals surface area (Å²) < 4.78 is 33.8. The maximum Gasteiger partial charge on any atom is 0.352 e. The fourth-order valence-corrected chi connectivity index (χ4v) is 3.62. The second-order valence-electron chi connectivity index (χ2n) is 5.59. The van der Waals surface area contributed by atoms with Crippen LogP contribution in [0.5, 0.6) is 0 Å². The van der Waals surface area contributed by atoms with Gasteiger partial charge in [-0.15, -0.1) is 0 Å². The summed E-state index contributed by atoms with van der Waals surface area (Å²) in [4.78, 5) is 11.2. The summed E-state index contributed by atoms with van der Waals surface area (Å²) in [5.41, 5.74) is 0.0297. The third-order valence-electron chi connectivity index (χ3n) is 3.88. The molecule has 0 radical (unpaired) electrons. The zero-order valence-corrected chi connectivity index (χ0v) is 12.3. The first-order chi connectivity index (χ1) is 9.97. The first-order valence-corrected chi connectivity index (χ1v) is 8.48. The normalized spacial score (nSPS) is 22.6. The van der Waals surface area contributed by atoms with Crippen LogP contribution in [0.1, 0.15) is 35.8 Å². The monoisotopic (exact) mass is 314 g/mol. The number of sulfonamides is 1. The van der Waals surface area contributed by atoms with E-state index in [1.165, 1.54) is 12.3 Å². The van der Waals surface area contributed by atoms with E-state index >= 15 is 0 Å². The van der Waals surface area contributed by atoms with E-state index in [1.807, 2.05) is 0 Å². The largest absolute Gasteiger partial charge is 0.477 e. The number of aromatic nitrogens is 1. The number of carbonyl (C=O) groups is 1. The Morgan fingerprint density at radius 1 is 1.43 bits per heavy atom. The smallest absolute Gasteiger partial charge is 0.352 e. The minimum atomic E-state index is -3.68. The highest BCUT2D eigenvalue weighted by Gasteiger charge is 2.30. The molecule has 3 rings (SSSR count). The van der Waals surface area contributed by atoms with Gasteiger partial charge in [-0.25, -0.2) is 17.9 Å². The molecule has 2 fully saturated rings. The molecule has 0 aromatic carbocycles. The standard InChI is InChI=1S/C13H18N2O5S/c16-13(17)12-5-11(7-15(12)10-1-2-10)21(18,19)14-6-9-3-4-20-8-9/h5,7,9-10,14H,1-4,6,8H2,(H,16,17). The second-order valence-corrected chi connectivity index (χ2v) is 7.35. The number of carboxylic acid groups (broad SMARTS) is 1. The molecule has 1 aromatic rings. The Morgan fingerprint density at radius 2 is 2.19 bits per heavy atom. The fraction of sp³-hybridized carbons (Fsp3) is 0.615. The van der Waals surface area contributed by atoms with E-state index in [2.05, 4.69) is 4.72 Å².